The molecule has 0 saturated heterocycles. The molecule has 1 aliphatic rings. The molecule has 0 radical (unpaired) electrons. The fourth-order valence-electron chi connectivity index (χ4n) is 2.78. The fraction of sp³-hybridized carbons (Fsp3) is 0.350. The molecule has 0 spiro atoms. The lowest BCUT2D eigenvalue weighted by molar-refractivity contribution is -0.151. The molecule has 0 saturated carbocycles. The molecule has 0 amide bonds. The SMILES string of the molecule is CCOC(=O)C(Oc1ccc(CBr)cc1CC)c1ccc2c(c1)OCO2. The maximum atomic E-state index is 12.5. The molecular formula is C20H21BrO5. The van der Waals surface area contributed by atoms with Crippen LogP contribution in [0.2, 0.25) is 0 Å². The molecular weight excluding hydrogens is 400 g/mol. The van der Waals surface area contributed by atoms with Crippen LogP contribution in [0.25, 0.3) is 0 Å². The quantitative estimate of drug-likeness (QED) is 0.485. The van der Waals surface area contributed by atoms with Gasteiger partial charge in [-0.1, -0.05) is 41.1 Å². The van der Waals surface area contributed by atoms with Crippen LogP contribution >= 0.6 is 15.9 Å². The summed E-state index contributed by atoms with van der Waals surface area (Å²) in [5.74, 6) is 1.50. The Morgan fingerprint density at radius 2 is 1.96 bits per heavy atom. The summed E-state index contributed by atoms with van der Waals surface area (Å²) in [5, 5.41) is 0.768. The van der Waals surface area contributed by atoms with E-state index < -0.39 is 12.1 Å². The van der Waals surface area contributed by atoms with Crippen molar-refractivity contribution in [1.82, 2.24) is 0 Å². The van der Waals surface area contributed by atoms with Crippen molar-refractivity contribution in [1.29, 1.82) is 0 Å². The number of carbonyl (C=O) groups is 1. The first kappa shape index (κ1) is 18.6. The molecule has 0 fully saturated rings. The maximum absolute atomic E-state index is 12.5. The zero-order valence-corrected chi connectivity index (χ0v) is 16.4. The molecule has 5 nitrogen and oxygen atoms in total. The second-order valence-electron chi connectivity index (χ2n) is 5.79. The summed E-state index contributed by atoms with van der Waals surface area (Å²) in [7, 11) is 0. The molecule has 3 rings (SSSR count). The first-order valence-electron chi connectivity index (χ1n) is 8.56. The lowest BCUT2D eigenvalue weighted by Gasteiger charge is -2.20. The number of alkyl halides is 1. The van der Waals surface area contributed by atoms with Crippen molar-refractivity contribution in [2.24, 2.45) is 0 Å². The summed E-state index contributed by atoms with van der Waals surface area (Å²) < 4.78 is 22.1. The number of hydrogen-bond donors (Lipinski definition) is 0. The molecule has 1 atom stereocenters. The number of aryl methyl sites for hydroxylation is 1. The molecule has 26 heavy (non-hydrogen) atoms. The number of ether oxygens (including phenoxy) is 4. The molecule has 138 valence electrons. The fourth-order valence-corrected chi connectivity index (χ4v) is 3.13. The van der Waals surface area contributed by atoms with E-state index in [0.717, 1.165) is 22.9 Å². The third kappa shape index (κ3) is 3.96. The van der Waals surface area contributed by atoms with Gasteiger partial charge in [-0.05, 0) is 42.7 Å². The van der Waals surface area contributed by atoms with Crippen LogP contribution in [0.5, 0.6) is 17.2 Å². The van der Waals surface area contributed by atoms with Crippen LogP contribution in [-0.2, 0) is 21.3 Å². The Labute approximate surface area is 161 Å². The van der Waals surface area contributed by atoms with Gasteiger partial charge in [0.1, 0.15) is 5.75 Å². The summed E-state index contributed by atoms with van der Waals surface area (Å²) in [6.45, 7) is 4.29. The zero-order valence-electron chi connectivity index (χ0n) is 14.8. The van der Waals surface area contributed by atoms with E-state index in [1.807, 2.05) is 12.1 Å². The number of esters is 1. The van der Waals surface area contributed by atoms with Gasteiger partial charge in [-0.3, -0.25) is 0 Å². The smallest absolute Gasteiger partial charge is 0.352 e. The molecule has 2 aromatic rings. The minimum atomic E-state index is -0.871. The first-order chi connectivity index (χ1) is 12.7. The molecule has 1 heterocycles. The minimum absolute atomic E-state index is 0.178. The monoisotopic (exact) mass is 420 g/mol. The summed E-state index contributed by atoms with van der Waals surface area (Å²) >= 11 is 3.46. The van der Waals surface area contributed by atoms with Gasteiger partial charge in [0.15, 0.2) is 11.5 Å². The van der Waals surface area contributed by atoms with E-state index in [1.165, 1.54) is 0 Å². The Morgan fingerprint density at radius 1 is 1.15 bits per heavy atom. The van der Waals surface area contributed by atoms with Crippen LogP contribution in [0.15, 0.2) is 36.4 Å². The molecule has 1 unspecified atom stereocenters. The van der Waals surface area contributed by atoms with Gasteiger partial charge in [0.2, 0.25) is 12.9 Å². The Hall–Kier alpha value is -2.21. The number of halogens is 1. The van der Waals surface area contributed by atoms with Crippen molar-refractivity contribution in [2.45, 2.75) is 31.7 Å². The predicted octanol–water partition coefficient (Wildman–Crippen LogP) is 4.56. The van der Waals surface area contributed by atoms with E-state index in [9.17, 15) is 4.79 Å². The van der Waals surface area contributed by atoms with Gasteiger partial charge in [0, 0.05) is 10.9 Å². The predicted molar refractivity (Wildman–Crippen MR) is 101 cm³/mol. The van der Waals surface area contributed by atoms with E-state index in [2.05, 4.69) is 28.9 Å². The summed E-state index contributed by atoms with van der Waals surface area (Å²) in [5.41, 5.74) is 2.86. The maximum Gasteiger partial charge on any atom is 0.352 e. The van der Waals surface area contributed by atoms with Crippen molar-refractivity contribution >= 4 is 21.9 Å². The van der Waals surface area contributed by atoms with Gasteiger partial charge in [0.25, 0.3) is 0 Å². The van der Waals surface area contributed by atoms with Crippen LogP contribution in [0.4, 0.5) is 0 Å². The highest BCUT2D eigenvalue weighted by Crippen LogP contribution is 2.36. The van der Waals surface area contributed by atoms with Gasteiger partial charge in [0.05, 0.1) is 6.61 Å². The minimum Gasteiger partial charge on any atom is -0.474 e. The highest BCUT2D eigenvalue weighted by Gasteiger charge is 2.27. The molecule has 2 aromatic carbocycles. The van der Waals surface area contributed by atoms with Crippen molar-refractivity contribution < 1.29 is 23.7 Å². The number of rotatable bonds is 7. The van der Waals surface area contributed by atoms with E-state index in [0.29, 0.717) is 22.8 Å². The van der Waals surface area contributed by atoms with Gasteiger partial charge in [-0.25, -0.2) is 4.79 Å². The number of fused-ring (bicyclic) bond motifs is 1. The van der Waals surface area contributed by atoms with E-state index >= 15 is 0 Å². The van der Waals surface area contributed by atoms with Gasteiger partial charge < -0.3 is 18.9 Å². The second-order valence-corrected chi connectivity index (χ2v) is 6.35. The second kappa shape index (κ2) is 8.45. The van der Waals surface area contributed by atoms with Crippen LogP contribution in [-0.4, -0.2) is 19.4 Å². The van der Waals surface area contributed by atoms with Crippen LogP contribution < -0.4 is 14.2 Å². The van der Waals surface area contributed by atoms with Gasteiger partial charge in [-0.15, -0.1) is 0 Å². The number of benzene rings is 2. The highest BCUT2D eigenvalue weighted by molar-refractivity contribution is 9.08. The Morgan fingerprint density at radius 3 is 2.69 bits per heavy atom. The van der Waals surface area contributed by atoms with Crippen molar-refractivity contribution in [3.8, 4) is 17.2 Å². The van der Waals surface area contributed by atoms with Gasteiger partial charge in [-0.2, -0.15) is 0 Å². The topological polar surface area (TPSA) is 54.0 Å². The highest BCUT2D eigenvalue weighted by atomic mass is 79.9. The summed E-state index contributed by atoms with van der Waals surface area (Å²) in [6.07, 6.45) is -0.0723. The molecule has 0 aromatic heterocycles. The Balaban J connectivity index is 1.93. The third-order valence-corrected chi connectivity index (χ3v) is 4.75. The van der Waals surface area contributed by atoms with Crippen molar-refractivity contribution in [2.75, 3.05) is 13.4 Å². The molecule has 0 aliphatic carbocycles. The zero-order chi connectivity index (χ0) is 18.5. The van der Waals surface area contributed by atoms with E-state index in [4.69, 9.17) is 18.9 Å². The van der Waals surface area contributed by atoms with Crippen molar-refractivity contribution in [3.63, 3.8) is 0 Å². The third-order valence-electron chi connectivity index (χ3n) is 4.10. The van der Waals surface area contributed by atoms with Crippen molar-refractivity contribution in [3.05, 3.63) is 53.1 Å². The molecule has 1 aliphatic heterocycles. The van der Waals surface area contributed by atoms with Gasteiger partial charge >= 0.3 is 5.97 Å². The lowest BCUT2D eigenvalue weighted by atomic mass is 10.1. The largest absolute Gasteiger partial charge is 0.474 e. The van der Waals surface area contributed by atoms with Crippen LogP contribution in [0, 0.1) is 0 Å². The normalized spacial score (nSPS) is 13.3. The number of hydrogen-bond acceptors (Lipinski definition) is 5. The first-order valence-corrected chi connectivity index (χ1v) is 9.69. The number of carbonyl (C=O) groups excluding carboxylic acids is 1. The van der Waals surface area contributed by atoms with E-state index in [1.54, 1.807) is 25.1 Å². The van der Waals surface area contributed by atoms with Crippen LogP contribution in [0.3, 0.4) is 0 Å². The lowest BCUT2D eigenvalue weighted by Crippen LogP contribution is -2.22. The average Bonchev–Trinajstić information content (AvgIpc) is 3.13. The molecule has 0 N–H and O–H groups in total. The molecule has 6 heteroatoms. The standard InChI is InChI=1S/C20H21BrO5/c1-3-14-9-13(11-21)5-7-16(14)26-19(20(22)23-4-2)15-6-8-17-18(10-15)25-12-24-17/h5-10,19H,3-4,11-12H2,1-2H3. The Kier molecular flexibility index (Phi) is 6.04. The summed E-state index contributed by atoms with van der Waals surface area (Å²) in [4.78, 5) is 12.5. The Bertz CT molecular complexity index is 790. The molecule has 0 bridgehead atoms. The van der Waals surface area contributed by atoms with Crippen LogP contribution in [0.1, 0.15) is 36.6 Å². The summed E-state index contributed by atoms with van der Waals surface area (Å²) in [6, 6.07) is 11.3. The average molecular weight is 421 g/mol. The van der Waals surface area contributed by atoms with E-state index in [-0.39, 0.29) is 13.4 Å².